The molecule has 0 spiro atoms. The van der Waals surface area contributed by atoms with Crippen LogP contribution >= 0.6 is 0 Å². The molecule has 0 aliphatic carbocycles. The maximum Gasteiger partial charge on any atom is 0.108 e. The van der Waals surface area contributed by atoms with Gasteiger partial charge in [-0.25, -0.2) is 0 Å². The quantitative estimate of drug-likeness (QED) is 0.598. The summed E-state index contributed by atoms with van der Waals surface area (Å²) < 4.78 is 5.40. The molecule has 1 aliphatic rings. The Kier molecular flexibility index (Phi) is 3.47. The molecule has 0 amide bonds. The molecule has 58 valence electrons. The van der Waals surface area contributed by atoms with Crippen LogP contribution in [0.1, 0.15) is 19.3 Å². The van der Waals surface area contributed by atoms with Crippen molar-refractivity contribution in [3.8, 4) is 0 Å². The van der Waals surface area contributed by atoms with Crippen LogP contribution < -0.4 is 5.32 Å². The fourth-order valence-electron chi connectivity index (χ4n) is 1.15. The van der Waals surface area contributed by atoms with Crippen molar-refractivity contribution in [1.82, 2.24) is 5.32 Å². The van der Waals surface area contributed by atoms with Gasteiger partial charge in [-0.2, -0.15) is 0 Å². The Morgan fingerprint density at radius 1 is 1.60 bits per heavy atom. The van der Waals surface area contributed by atoms with Gasteiger partial charge in [0.15, 0.2) is 0 Å². The van der Waals surface area contributed by atoms with Gasteiger partial charge in [0, 0.05) is 0 Å². The maximum absolute atomic E-state index is 5.40. The highest BCUT2D eigenvalue weighted by Crippen LogP contribution is 2.07. The van der Waals surface area contributed by atoms with Crippen molar-refractivity contribution in [3.63, 3.8) is 0 Å². The predicted octanol–water partition coefficient (Wildman–Crippen LogP) is 1.29. The van der Waals surface area contributed by atoms with Crippen LogP contribution in [0, 0.1) is 0 Å². The molecule has 0 radical (unpaired) electrons. The topological polar surface area (TPSA) is 21.3 Å². The van der Waals surface area contributed by atoms with Crippen LogP contribution in [0.25, 0.3) is 0 Å². The van der Waals surface area contributed by atoms with E-state index in [1.165, 1.54) is 12.8 Å². The van der Waals surface area contributed by atoms with E-state index in [1.54, 1.807) is 6.08 Å². The van der Waals surface area contributed by atoms with E-state index < -0.39 is 0 Å². The second-order valence-electron chi connectivity index (χ2n) is 2.56. The summed E-state index contributed by atoms with van der Waals surface area (Å²) in [4.78, 5) is 0. The van der Waals surface area contributed by atoms with Gasteiger partial charge in [-0.15, -0.1) is 6.58 Å². The maximum atomic E-state index is 5.40. The first-order valence-corrected chi connectivity index (χ1v) is 3.89. The van der Waals surface area contributed by atoms with Crippen molar-refractivity contribution in [2.75, 3.05) is 13.2 Å². The van der Waals surface area contributed by atoms with E-state index in [-0.39, 0.29) is 6.23 Å². The molecular formula is C8H15NO. The first kappa shape index (κ1) is 7.76. The molecule has 2 nitrogen and oxygen atoms in total. The Bertz CT molecular complexity index is 97.4. The van der Waals surface area contributed by atoms with Gasteiger partial charge in [-0.1, -0.05) is 6.08 Å². The Balaban J connectivity index is 2.07. The van der Waals surface area contributed by atoms with Gasteiger partial charge in [0.25, 0.3) is 0 Å². The minimum Gasteiger partial charge on any atom is -0.359 e. The van der Waals surface area contributed by atoms with E-state index in [2.05, 4.69) is 11.9 Å². The zero-order chi connectivity index (χ0) is 7.23. The molecule has 2 heteroatoms. The van der Waals surface area contributed by atoms with Gasteiger partial charge in [0.1, 0.15) is 6.23 Å². The molecule has 0 aromatic rings. The highest BCUT2D eigenvalue weighted by Gasteiger charge is 2.10. The van der Waals surface area contributed by atoms with Crippen LogP contribution in [-0.2, 0) is 4.74 Å². The smallest absolute Gasteiger partial charge is 0.108 e. The molecule has 1 atom stereocenters. The number of hydrogen-bond acceptors (Lipinski definition) is 2. The molecular weight excluding hydrogens is 126 g/mol. The van der Waals surface area contributed by atoms with Crippen LogP contribution in [0.5, 0.6) is 0 Å². The van der Waals surface area contributed by atoms with Gasteiger partial charge in [0.05, 0.1) is 6.61 Å². The molecule has 10 heavy (non-hydrogen) atoms. The van der Waals surface area contributed by atoms with Crippen LogP contribution in [0.4, 0.5) is 0 Å². The van der Waals surface area contributed by atoms with Crippen molar-refractivity contribution >= 4 is 0 Å². The molecule has 1 saturated heterocycles. The largest absolute Gasteiger partial charge is 0.359 e. The molecule has 1 fully saturated rings. The van der Waals surface area contributed by atoms with E-state index in [1.807, 2.05) is 0 Å². The number of piperidine rings is 1. The van der Waals surface area contributed by atoms with Crippen molar-refractivity contribution in [2.45, 2.75) is 25.5 Å². The number of nitrogens with one attached hydrogen (secondary N) is 1. The molecule has 0 aromatic heterocycles. The van der Waals surface area contributed by atoms with Gasteiger partial charge < -0.3 is 4.74 Å². The van der Waals surface area contributed by atoms with E-state index in [0.717, 1.165) is 13.0 Å². The molecule has 1 N–H and O–H groups in total. The normalized spacial score (nSPS) is 26.2. The minimum absolute atomic E-state index is 0.284. The first-order chi connectivity index (χ1) is 4.93. The lowest BCUT2D eigenvalue weighted by atomic mass is 10.1. The van der Waals surface area contributed by atoms with Crippen LogP contribution in [-0.4, -0.2) is 19.4 Å². The van der Waals surface area contributed by atoms with Crippen LogP contribution in [0.3, 0.4) is 0 Å². The highest BCUT2D eigenvalue weighted by atomic mass is 16.5. The zero-order valence-corrected chi connectivity index (χ0v) is 6.31. The standard InChI is InChI=1S/C8H15NO/c1-2-7-10-8-5-3-4-6-9-8/h2,8-9H,1,3-7H2. The monoisotopic (exact) mass is 141 g/mol. The average molecular weight is 141 g/mol. The molecule has 0 saturated carbocycles. The number of ether oxygens (including phenoxy) is 1. The van der Waals surface area contributed by atoms with E-state index in [9.17, 15) is 0 Å². The fourth-order valence-corrected chi connectivity index (χ4v) is 1.15. The Hall–Kier alpha value is -0.340. The third-order valence-electron chi connectivity index (χ3n) is 1.68. The van der Waals surface area contributed by atoms with E-state index in [0.29, 0.717) is 6.61 Å². The van der Waals surface area contributed by atoms with Gasteiger partial charge in [0.2, 0.25) is 0 Å². The first-order valence-electron chi connectivity index (χ1n) is 3.89. The van der Waals surface area contributed by atoms with Gasteiger partial charge in [-0.3, -0.25) is 5.32 Å². The molecule has 0 aromatic carbocycles. The Labute approximate surface area is 62.3 Å². The van der Waals surface area contributed by atoms with E-state index >= 15 is 0 Å². The van der Waals surface area contributed by atoms with Crippen molar-refractivity contribution in [3.05, 3.63) is 12.7 Å². The summed E-state index contributed by atoms with van der Waals surface area (Å²) in [5.74, 6) is 0. The lowest BCUT2D eigenvalue weighted by Crippen LogP contribution is -2.36. The van der Waals surface area contributed by atoms with E-state index in [4.69, 9.17) is 4.74 Å². The molecule has 1 unspecified atom stereocenters. The van der Waals surface area contributed by atoms with Crippen molar-refractivity contribution in [2.24, 2.45) is 0 Å². The average Bonchev–Trinajstić information content (AvgIpc) is 2.03. The SMILES string of the molecule is C=CCOC1CCCCN1. The lowest BCUT2D eigenvalue weighted by Gasteiger charge is -2.22. The van der Waals surface area contributed by atoms with Gasteiger partial charge in [-0.05, 0) is 25.8 Å². The second-order valence-corrected chi connectivity index (χ2v) is 2.56. The second kappa shape index (κ2) is 4.47. The minimum atomic E-state index is 0.284. The summed E-state index contributed by atoms with van der Waals surface area (Å²) in [6.45, 7) is 5.36. The summed E-state index contributed by atoms with van der Waals surface area (Å²) in [7, 11) is 0. The zero-order valence-electron chi connectivity index (χ0n) is 6.31. The van der Waals surface area contributed by atoms with Crippen LogP contribution in [0.15, 0.2) is 12.7 Å². The third kappa shape index (κ3) is 2.50. The summed E-state index contributed by atoms with van der Waals surface area (Å²) in [5, 5.41) is 3.28. The highest BCUT2D eigenvalue weighted by molar-refractivity contribution is 4.68. The summed E-state index contributed by atoms with van der Waals surface area (Å²) in [6.07, 6.45) is 5.79. The molecule has 1 heterocycles. The summed E-state index contributed by atoms with van der Waals surface area (Å²) >= 11 is 0. The number of rotatable bonds is 3. The summed E-state index contributed by atoms with van der Waals surface area (Å²) in [5.41, 5.74) is 0. The van der Waals surface area contributed by atoms with Crippen molar-refractivity contribution in [1.29, 1.82) is 0 Å². The Morgan fingerprint density at radius 3 is 3.10 bits per heavy atom. The molecule has 0 bridgehead atoms. The Morgan fingerprint density at radius 2 is 2.50 bits per heavy atom. The number of hydrogen-bond donors (Lipinski definition) is 1. The molecule has 1 rings (SSSR count). The fraction of sp³-hybridized carbons (Fsp3) is 0.750. The van der Waals surface area contributed by atoms with Gasteiger partial charge >= 0.3 is 0 Å². The summed E-state index contributed by atoms with van der Waals surface area (Å²) in [6, 6.07) is 0. The lowest BCUT2D eigenvalue weighted by molar-refractivity contribution is 0.0295. The van der Waals surface area contributed by atoms with Crippen molar-refractivity contribution < 1.29 is 4.74 Å². The molecule has 1 aliphatic heterocycles. The third-order valence-corrected chi connectivity index (χ3v) is 1.68. The predicted molar refractivity (Wildman–Crippen MR) is 41.8 cm³/mol. The van der Waals surface area contributed by atoms with Crippen LogP contribution in [0.2, 0.25) is 0 Å².